The molecule has 0 aromatic rings. The molecule has 1 unspecified atom stereocenters. The summed E-state index contributed by atoms with van der Waals surface area (Å²) < 4.78 is 0. The monoisotopic (exact) mass is 336 g/mol. The molecule has 0 aromatic carbocycles. The second-order valence-corrected chi connectivity index (χ2v) is 7.05. The predicted octanol–water partition coefficient (Wildman–Crippen LogP) is 5.34. The third-order valence-electron chi connectivity index (χ3n) is 4.88. The van der Waals surface area contributed by atoms with Gasteiger partial charge in [-0.25, -0.2) is 0 Å². The summed E-state index contributed by atoms with van der Waals surface area (Å²) in [6.45, 7) is 4.19. The van der Waals surface area contributed by atoms with E-state index in [4.69, 9.17) is 5.11 Å². The van der Waals surface area contributed by atoms with Crippen molar-refractivity contribution in [2.24, 2.45) is 4.99 Å². The molecule has 0 amide bonds. The van der Waals surface area contributed by atoms with Crippen molar-refractivity contribution in [1.82, 2.24) is 4.90 Å². The normalized spacial score (nSPS) is 18.2. The summed E-state index contributed by atoms with van der Waals surface area (Å²) in [5, 5.41) is 9.04. The SMILES string of the molecule is CCCCCC/C=C/CCCCCCCCC1N=CCN1CCO. The molecule has 1 atom stereocenters. The second-order valence-electron chi connectivity index (χ2n) is 7.05. The van der Waals surface area contributed by atoms with Crippen molar-refractivity contribution in [3.8, 4) is 0 Å². The molecule has 3 heteroatoms. The largest absolute Gasteiger partial charge is 0.395 e. The van der Waals surface area contributed by atoms with Crippen LogP contribution in [0.1, 0.15) is 90.4 Å². The zero-order valence-electron chi connectivity index (χ0n) is 16.0. The minimum Gasteiger partial charge on any atom is -0.395 e. The summed E-state index contributed by atoms with van der Waals surface area (Å²) in [5.74, 6) is 0. The number of β-amino-alcohol motifs (C(OH)–C–C–N with tert-alkyl or cyclic N) is 1. The van der Waals surface area contributed by atoms with Gasteiger partial charge in [0, 0.05) is 19.3 Å². The molecule has 0 fully saturated rings. The van der Waals surface area contributed by atoms with E-state index in [9.17, 15) is 0 Å². The van der Waals surface area contributed by atoms with Gasteiger partial charge in [0.15, 0.2) is 0 Å². The zero-order valence-corrected chi connectivity index (χ0v) is 16.0. The van der Waals surface area contributed by atoms with E-state index < -0.39 is 0 Å². The van der Waals surface area contributed by atoms with Crippen molar-refractivity contribution >= 4 is 6.21 Å². The Morgan fingerprint density at radius 2 is 1.58 bits per heavy atom. The van der Waals surface area contributed by atoms with E-state index in [0.717, 1.165) is 19.5 Å². The number of rotatable bonds is 16. The van der Waals surface area contributed by atoms with Gasteiger partial charge < -0.3 is 5.11 Å². The lowest BCUT2D eigenvalue weighted by atomic mass is 10.1. The van der Waals surface area contributed by atoms with Gasteiger partial charge in [0.2, 0.25) is 0 Å². The molecule has 1 heterocycles. The predicted molar refractivity (Wildman–Crippen MR) is 106 cm³/mol. The molecule has 1 rings (SSSR count). The molecule has 0 aliphatic carbocycles. The fraction of sp³-hybridized carbons (Fsp3) is 0.857. The lowest BCUT2D eigenvalue weighted by Crippen LogP contribution is -2.32. The minimum absolute atomic E-state index is 0.243. The van der Waals surface area contributed by atoms with Crippen molar-refractivity contribution in [2.45, 2.75) is 96.6 Å². The average molecular weight is 337 g/mol. The van der Waals surface area contributed by atoms with Crippen LogP contribution in [0.25, 0.3) is 0 Å². The maximum atomic E-state index is 9.04. The van der Waals surface area contributed by atoms with Gasteiger partial charge in [-0.15, -0.1) is 0 Å². The van der Waals surface area contributed by atoms with Crippen molar-refractivity contribution in [2.75, 3.05) is 19.7 Å². The third kappa shape index (κ3) is 11.0. The Morgan fingerprint density at radius 3 is 2.25 bits per heavy atom. The van der Waals surface area contributed by atoms with E-state index in [-0.39, 0.29) is 6.61 Å². The van der Waals surface area contributed by atoms with Gasteiger partial charge in [-0.3, -0.25) is 9.89 Å². The molecule has 1 N–H and O–H groups in total. The summed E-state index contributed by atoms with van der Waals surface area (Å²) in [6, 6.07) is 0. The molecule has 0 spiro atoms. The van der Waals surface area contributed by atoms with Crippen molar-refractivity contribution in [1.29, 1.82) is 0 Å². The standard InChI is InChI=1S/C21H40N2O/c1-2-3-4-5-6-7-8-9-10-11-12-13-14-15-16-21-22-17-18-23(21)19-20-24/h7-8,17,21,24H,2-6,9-16,18-20H2,1H3/b8-7+. The minimum atomic E-state index is 0.243. The van der Waals surface area contributed by atoms with Crippen LogP contribution in [-0.4, -0.2) is 42.1 Å². The van der Waals surface area contributed by atoms with Crippen LogP contribution in [-0.2, 0) is 0 Å². The maximum absolute atomic E-state index is 9.04. The highest BCUT2D eigenvalue weighted by Crippen LogP contribution is 2.16. The Morgan fingerprint density at radius 1 is 0.958 bits per heavy atom. The van der Waals surface area contributed by atoms with Crippen LogP contribution in [0.15, 0.2) is 17.1 Å². The summed E-state index contributed by atoms with van der Waals surface area (Å²) in [4.78, 5) is 6.79. The number of allylic oxidation sites excluding steroid dienone is 2. The first-order chi connectivity index (χ1) is 11.9. The van der Waals surface area contributed by atoms with Gasteiger partial charge >= 0.3 is 0 Å². The smallest absolute Gasteiger partial charge is 0.102 e. The van der Waals surface area contributed by atoms with Gasteiger partial charge in [0.05, 0.1) is 6.61 Å². The third-order valence-corrected chi connectivity index (χ3v) is 4.88. The number of hydrogen-bond donors (Lipinski definition) is 1. The van der Waals surface area contributed by atoms with E-state index in [1.165, 1.54) is 77.0 Å². The Balaban J connectivity index is 1.82. The fourth-order valence-electron chi connectivity index (χ4n) is 3.34. The van der Waals surface area contributed by atoms with Gasteiger partial charge in [-0.1, -0.05) is 64.0 Å². The molecule has 3 nitrogen and oxygen atoms in total. The van der Waals surface area contributed by atoms with E-state index in [2.05, 4.69) is 29.0 Å². The van der Waals surface area contributed by atoms with Crippen LogP contribution >= 0.6 is 0 Å². The quantitative estimate of drug-likeness (QED) is 0.305. The van der Waals surface area contributed by atoms with Crippen molar-refractivity contribution in [3.63, 3.8) is 0 Å². The lowest BCUT2D eigenvalue weighted by molar-refractivity contribution is 0.176. The highest BCUT2D eigenvalue weighted by Gasteiger charge is 2.19. The van der Waals surface area contributed by atoms with Gasteiger partial charge in [0.25, 0.3) is 0 Å². The molecular formula is C21H40N2O. The first-order valence-electron chi connectivity index (χ1n) is 10.4. The lowest BCUT2D eigenvalue weighted by Gasteiger charge is -2.21. The number of aliphatic imine (C=N–C) groups is 1. The number of unbranched alkanes of at least 4 members (excludes halogenated alkanes) is 10. The molecule has 0 radical (unpaired) electrons. The summed E-state index contributed by atoms with van der Waals surface area (Å²) >= 11 is 0. The Hall–Kier alpha value is -0.670. The van der Waals surface area contributed by atoms with Gasteiger partial charge in [-0.2, -0.15) is 0 Å². The molecule has 140 valence electrons. The molecule has 0 aromatic heterocycles. The first-order valence-corrected chi connectivity index (χ1v) is 10.4. The molecule has 0 saturated heterocycles. The summed E-state index contributed by atoms with van der Waals surface area (Å²) in [5.41, 5.74) is 0. The Bertz CT molecular complexity index is 328. The molecule has 1 aliphatic heterocycles. The topological polar surface area (TPSA) is 35.8 Å². The van der Waals surface area contributed by atoms with Crippen LogP contribution in [0, 0.1) is 0 Å². The zero-order chi connectivity index (χ0) is 17.3. The first kappa shape index (κ1) is 21.4. The maximum Gasteiger partial charge on any atom is 0.102 e. The second kappa shape index (κ2) is 15.8. The molecule has 0 saturated carbocycles. The summed E-state index contributed by atoms with van der Waals surface area (Å²) in [7, 11) is 0. The molecule has 0 bridgehead atoms. The number of aliphatic hydroxyl groups excluding tert-OH is 1. The number of aliphatic hydroxyl groups is 1. The molecule has 24 heavy (non-hydrogen) atoms. The van der Waals surface area contributed by atoms with E-state index in [1.807, 2.05) is 6.21 Å². The number of hydrogen-bond acceptors (Lipinski definition) is 3. The molecular weight excluding hydrogens is 296 g/mol. The van der Waals surface area contributed by atoms with Crippen molar-refractivity contribution in [3.05, 3.63) is 12.2 Å². The van der Waals surface area contributed by atoms with Crippen LogP contribution in [0.2, 0.25) is 0 Å². The van der Waals surface area contributed by atoms with Crippen LogP contribution in [0.5, 0.6) is 0 Å². The Kier molecular flexibility index (Phi) is 14.1. The Labute approximate surface area is 150 Å². The van der Waals surface area contributed by atoms with Gasteiger partial charge in [0.1, 0.15) is 6.17 Å². The average Bonchev–Trinajstić information content (AvgIpc) is 3.03. The highest BCUT2D eigenvalue weighted by molar-refractivity contribution is 5.62. The van der Waals surface area contributed by atoms with Crippen LogP contribution < -0.4 is 0 Å². The highest BCUT2D eigenvalue weighted by atomic mass is 16.3. The van der Waals surface area contributed by atoms with Crippen molar-refractivity contribution < 1.29 is 5.11 Å². The van der Waals surface area contributed by atoms with E-state index in [1.54, 1.807) is 0 Å². The van der Waals surface area contributed by atoms with Gasteiger partial charge in [-0.05, 0) is 38.5 Å². The van der Waals surface area contributed by atoms with E-state index in [0.29, 0.717) is 6.17 Å². The number of nitrogens with zero attached hydrogens (tertiary/aromatic N) is 2. The fourth-order valence-corrected chi connectivity index (χ4v) is 3.34. The van der Waals surface area contributed by atoms with E-state index >= 15 is 0 Å². The van der Waals surface area contributed by atoms with Crippen LogP contribution in [0.3, 0.4) is 0 Å². The van der Waals surface area contributed by atoms with Crippen LogP contribution in [0.4, 0.5) is 0 Å². The summed E-state index contributed by atoms with van der Waals surface area (Å²) in [6.07, 6.45) is 24.3. The molecule has 1 aliphatic rings.